The zero-order chi connectivity index (χ0) is 15.8. The molecule has 120 valence electrons. The minimum Gasteiger partial charge on any atom is -0.491 e. The van der Waals surface area contributed by atoms with E-state index in [9.17, 15) is 10.2 Å². The highest BCUT2D eigenvalue weighted by molar-refractivity contribution is 5.36. The number of benzene rings is 1. The van der Waals surface area contributed by atoms with Crippen molar-refractivity contribution in [3.8, 4) is 5.75 Å². The molecule has 0 aliphatic carbocycles. The van der Waals surface area contributed by atoms with Crippen LogP contribution in [0.15, 0.2) is 18.2 Å². The zero-order valence-corrected chi connectivity index (χ0v) is 13.2. The van der Waals surface area contributed by atoms with Crippen LogP contribution in [-0.2, 0) is 9.47 Å². The fourth-order valence-electron chi connectivity index (χ4n) is 1.89. The minimum atomic E-state index is -0.694. The molecule has 0 aliphatic rings. The summed E-state index contributed by atoms with van der Waals surface area (Å²) in [6, 6.07) is 5.50. The smallest absolute Gasteiger partial charge is 0.122 e. The first-order chi connectivity index (χ1) is 9.93. The Balaban J connectivity index is 2.41. The van der Waals surface area contributed by atoms with Gasteiger partial charge in [0.2, 0.25) is 0 Å². The second-order valence-electron chi connectivity index (χ2n) is 5.27. The van der Waals surface area contributed by atoms with Crippen molar-refractivity contribution in [3.63, 3.8) is 0 Å². The quantitative estimate of drug-likeness (QED) is 0.728. The molecule has 0 saturated heterocycles. The molecule has 0 aromatic heterocycles. The molecule has 5 nitrogen and oxygen atoms in total. The molecule has 0 fully saturated rings. The van der Waals surface area contributed by atoms with Gasteiger partial charge in [0.05, 0.1) is 25.4 Å². The number of aryl methyl sites for hydroxylation is 1. The monoisotopic (exact) mass is 298 g/mol. The van der Waals surface area contributed by atoms with E-state index in [4.69, 9.17) is 14.2 Å². The Morgan fingerprint density at radius 2 is 1.81 bits per heavy atom. The molecule has 0 heterocycles. The molecule has 3 atom stereocenters. The molecule has 1 rings (SSSR count). The van der Waals surface area contributed by atoms with E-state index in [0.29, 0.717) is 12.4 Å². The molecular formula is C16H26O5. The highest BCUT2D eigenvalue weighted by Gasteiger charge is 2.11. The Labute approximate surface area is 126 Å². The molecule has 2 unspecified atom stereocenters. The molecule has 0 aliphatic heterocycles. The van der Waals surface area contributed by atoms with Crippen LogP contribution < -0.4 is 4.74 Å². The van der Waals surface area contributed by atoms with Crippen LogP contribution in [-0.4, -0.2) is 49.4 Å². The molecule has 0 saturated carbocycles. The fourth-order valence-corrected chi connectivity index (χ4v) is 1.89. The van der Waals surface area contributed by atoms with Crippen LogP contribution in [0.4, 0.5) is 0 Å². The van der Waals surface area contributed by atoms with E-state index in [1.807, 2.05) is 26.0 Å². The summed E-state index contributed by atoms with van der Waals surface area (Å²) in [4.78, 5) is 0. The largest absolute Gasteiger partial charge is 0.491 e. The van der Waals surface area contributed by atoms with Crippen molar-refractivity contribution in [2.45, 2.75) is 39.1 Å². The Morgan fingerprint density at radius 1 is 1.10 bits per heavy atom. The molecule has 0 bridgehead atoms. The van der Waals surface area contributed by atoms with Gasteiger partial charge in [-0.3, -0.25) is 0 Å². The first-order valence-corrected chi connectivity index (χ1v) is 7.14. The molecule has 0 amide bonds. The summed E-state index contributed by atoms with van der Waals surface area (Å²) in [6.45, 7) is 6.37. The van der Waals surface area contributed by atoms with Crippen LogP contribution in [0, 0.1) is 6.92 Å². The van der Waals surface area contributed by atoms with Crippen LogP contribution in [0.25, 0.3) is 0 Å². The average molecular weight is 298 g/mol. The summed E-state index contributed by atoms with van der Waals surface area (Å²) in [5.41, 5.74) is 1.77. The highest BCUT2D eigenvalue weighted by Crippen LogP contribution is 2.22. The van der Waals surface area contributed by atoms with Gasteiger partial charge in [-0.1, -0.05) is 6.07 Å². The molecular weight excluding hydrogens is 272 g/mol. The third-order valence-corrected chi connectivity index (χ3v) is 3.09. The number of aliphatic hydroxyl groups is 2. The maximum Gasteiger partial charge on any atom is 0.122 e. The Hall–Kier alpha value is -1.14. The van der Waals surface area contributed by atoms with E-state index in [1.165, 1.54) is 0 Å². The second-order valence-corrected chi connectivity index (χ2v) is 5.27. The van der Waals surface area contributed by atoms with Crippen LogP contribution in [0.2, 0.25) is 0 Å². The van der Waals surface area contributed by atoms with Crippen molar-refractivity contribution in [3.05, 3.63) is 29.3 Å². The van der Waals surface area contributed by atoms with Crippen molar-refractivity contribution >= 4 is 0 Å². The summed E-state index contributed by atoms with van der Waals surface area (Å²) < 4.78 is 16.0. The molecule has 21 heavy (non-hydrogen) atoms. The molecule has 0 spiro atoms. The maximum absolute atomic E-state index is 9.83. The normalized spacial score (nSPS) is 15.5. The molecule has 1 aromatic rings. The lowest BCUT2D eigenvalue weighted by molar-refractivity contribution is -0.0423. The van der Waals surface area contributed by atoms with Crippen LogP contribution in [0.3, 0.4) is 0 Å². The third kappa shape index (κ3) is 6.44. The number of ether oxygens (including phenoxy) is 3. The van der Waals surface area contributed by atoms with Gasteiger partial charge in [0.15, 0.2) is 0 Å². The van der Waals surface area contributed by atoms with Gasteiger partial charge in [-0.2, -0.15) is 0 Å². The Morgan fingerprint density at radius 3 is 2.38 bits per heavy atom. The van der Waals surface area contributed by atoms with Gasteiger partial charge >= 0.3 is 0 Å². The summed E-state index contributed by atoms with van der Waals surface area (Å²) in [6.07, 6.45) is -1.25. The summed E-state index contributed by atoms with van der Waals surface area (Å²) >= 11 is 0. The second kappa shape index (κ2) is 9.00. The van der Waals surface area contributed by atoms with E-state index in [2.05, 4.69) is 0 Å². The van der Waals surface area contributed by atoms with E-state index in [0.717, 1.165) is 11.1 Å². The minimum absolute atomic E-state index is 0.0586. The van der Waals surface area contributed by atoms with Crippen molar-refractivity contribution in [1.29, 1.82) is 0 Å². The Bertz CT molecular complexity index is 419. The van der Waals surface area contributed by atoms with Gasteiger partial charge in [0.25, 0.3) is 0 Å². The van der Waals surface area contributed by atoms with E-state index >= 15 is 0 Å². The van der Waals surface area contributed by atoms with Crippen molar-refractivity contribution in [2.24, 2.45) is 0 Å². The molecule has 5 heteroatoms. The van der Waals surface area contributed by atoms with Crippen LogP contribution in [0.5, 0.6) is 5.75 Å². The van der Waals surface area contributed by atoms with Gasteiger partial charge in [-0.15, -0.1) is 0 Å². The summed E-state index contributed by atoms with van der Waals surface area (Å²) in [5, 5.41) is 19.3. The lowest BCUT2D eigenvalue weighted by Gasteiger charge is -2.17. The van der Waals surface area contributed by atoms with Crippen molar-refractivity contribution < 1.29 is 24.4 Å². The Kier molecular flexibility index (Phi) is 7.67. The molecule has 2 N–H and O–H groups in total. The topological polar surface area (TPSA) is 68.2 Å². The van der Waals surface area contributed by atoms with E-state index in [1.54, 1.807) is 20.1 Å². The number of methoxy groups -OCH3 is 1. The fraction of sp³-hybridized carbons (Fsp3) is 0.625. The van der Waals surface area contributed by atoms with Gasteiger partial charge in [-0.05, 0) is 44.0 Å². The first-order valence-electron chi connectivity index (χ1n) is 7.14. The first kappa shape index (κ1) is 17.9. The van der Waals surface area contributed by atoms with Crippen molar-refractivity contribution in [1.82, 2.24) is 0 Å². The number of rotatable bonds is 9. The third-order valence-electron chi connectivity index (χ3n) is 3.09. The molecule has 0 radical (unpaired) electrons. The van der Waals surface area contributed by atoms with Gasteiger partial charge in [-0.25, -0.2) is 0 Å². The lowest BCUT2D eigenvalue weighted by Crippen LogP contribution is -2.27. The van der Waals surface area contributed by atoms with Crippen LogP contribution in [0.1, 0.15) is 31.1 Å². The molecule has 1 aromatic carbocycles. The number of aliphatic hydroxyl groups excluding tert-OH is 2. The predicted molar refractivity (Wildman–Crippen MR) is 80.6 cm³/mol. The SMILES string of the molecule is COCC(C)OCC(O)COc1ccc([C@@H](C)O)cc1C. The van der Waals surface area contributed by atoms with Gasteiger partial charge in [0.1, 0.15) is 18.5 Å². The summed E-state index contributed by atoms with van der Waals surface area (Å²) in [7, 11) is 1.61. The predicted octanol–water partition coefficient (Wildman–Crippen LogP) is 1.84. The number of hydrogen-bond donors (Lipinski definition) is 2. The standard InChI is InChI=1S/C16H26O5/c1-11-7-14(13(3)17)5-6-16(11)21-10-15(18)9-20-12(2)8-19-4/h5-7,12-13,15,17-18H,8-10H2,1-4H3/t12?,13-,15?/m1/s1. The van der Waals surface area contributed by atoms with Gasteiger partial charge < -0.3 is 24.4 Å². The average Bonchev–Trinajstić information content (AvgIpc) is 2.44. The van der Waals surface area contributed by atoms with Gasteiger partial charge in [0, 0.05) is 7.11 Å². The van der Waals surface area contributed by atoms with E-state index < -0.39 is 12.2 Å². The number of hydrogen-bond acceptors (Lipinski definition) is 5. The summed E-state index contributed by atoms with van der Waals surface area (Å²) in [5.74, 6) is 0.698. The van der Waals surface area contributed by atoms with Crippen molar-refractivity contribution in [2.75, 3.05) is 26.9 Å². The highest BCUT2D eigenvalue weighted by atomic mass is 16.5. The lowest BCUT2D eigenvalue weighted by atomic mass is 10.1. The van der Waals surface area contributed by atoms with E-state index in [-0.39, 0.29) is 19.3 Å². The zero-order valence-electron chi connectivity index (χ0n) is 13.2. The maximum atomic E-state index is 9.83. The van der Waals surface area contributed by atoms with Crippen LogP contribution >= 0.6 is 0 Å².